The van der Waals surface area contributed by atoms with Crippen molar-refractivity contribution in [1.82, 2.24) is 4.90 Å². The van der Waals surface area contributed by atoms with Gasteiger partial charge in [-0.25, -0.2) is 0 Å². The maximum atomic E-state index is 12.1. The van der Waals surface area contributed by atoms with Gasteiger partial charge in [-0.2, -0.15) is 0 Å². The van der Waals surface area contributed by atoms with Crippen LogP contribution in [0.15, 0.2) is 36.0 Å². The third-order valence-corrected chi connectivity index (χ3v) is 2.77. The number of carbonyl (C=O) groups is 3. The first-order valence-electron chi connectivity index (χ1n) is 5.16. The molecule has 0 saturated carbocycles. The van der Waals surface area contributed by atoms with Crippen molar-refractivity contribution in [3.63, 3.8) is 0 Å². The molecular weight excluding hydrogens is 218 g/mol. The van der Waals surface area contributed by atoms with E-state index in [1.54, 1.807) is 24.3 Å². The average Bonchev–Trinajstić information content (AvgIpc) is 2.33. The number of ketones is 2. The lowest BCUT2D eigenvalue weighted by Gasteiger charge is -2.21. The van der Waals surface area contributed by atoms with Gasteiger partial charge in [0.15, 0.2) is 5.78 Å². The molecule has 1 amide bonds. The summed E-state index contributed by atoms with van der Waals surface area (Å²) in [6.07, 6.45) is 1.21. The molecular formula is C13H11NO3. The lowest BCUT2D eigenvalue weighted by molar-refractivity contribution is -0.125. The van der Waals surface area contributed by atoms with Gasteiger partial charge in [0, 0.05) is 31.2 Å². The van der Waals surface area contributed by atoms with Crippen LogP contribution >= 0.6 is 0 Å². The number of benzene rings is 1. The predicted octanol–water partition coefficient (Wildman–Crippen LogP) is 1.43. The van der Waals surface area contributed by atoms with Gasteiger partial charge in [0.2, 0.25) is 11.7 Å². The number of hydrogen-bond donors (Lipinski definition) is 0. The number of fused-ring (bicyclic) bond motifs is 1. The van der Waals surface area contributed by atoms with Crippen molar-refractivity contribution in [3.8, 4) is 0 Å². The standard InChI is InChI=1S/C13H11NO3/c1-8(15)14(2)11-7-12(16)9-5-3-4-6-10(9)13(11)17/h3-7H,1-2H3. The van der Waals surface area contributed by atoms with Crippen molar-refractivity contribution in [2.75, 3.05) is 7.05 Å². The molecule has 1 aliphatic carbocycles. The fourth-order valence-corrected chi connectivity index (χ4v) is 1.72. The van der Waals surface area contributed by atoms with Crippen LogP contribution in [0.2, 0.25) is 0 Å². The lowest BCUT2D eigenvalue weighted by Crippen LogP contribution is -2.31. The van der Waals surface area contributed by atoms with Crippen molar-refractivity contribution < 1.29 is 14.4 Å². The molecule has 86 valence electrons. The van der Waals surface area contributed by atoms with E-state index in [0.29, 0.717) is 11.1 Å². The molecule has 1 aliphatic rings. The van der Waals surface area contributed by atoms with Crippen LogP contribution in [0.4, 0.5) is 0 Å². The molecule has 0 aromatic heterocycles. The maximum absolute atomic E-state index is 12.1. The Labute approximate surface area is 98.5 Å². The van der Waals surface area contributed by atoms with E-state index in [0.717, 1.165) is 0 Å². The SMILES string of the molecule is CC(=O)N(C)C1=CC(=O)c2ccccc2C1=O. The van der Waals surface area contributed by atoms with Gasteiger partial charge in [0.1, 0.15) is 0 Å². The molecule has 0 spiro atoms. The van der Waals surface area contributed by atoms with E-state index < -0.39 is 0 Å². The van der Waals surface area contributed by atoms with Crippen LogP contribution in [0, 0.1) is 0 Å². The second kappa shape index (κ2) is 3.97. The first kappa shape index (κ1) is 11.3. The second-order valence-electron chi connectivity index (χ2n) is 3.85. The predicted molar refractivity (Wildman–Crippen MR) is 61.6 cm³/mol. The monoisotopic (exact) mass is 229 g/mol. The van der Waals surface area contributed by atoms with Crippen LogP contribution in [-0.4, -0.2) is 29.4 Å². The van der Waals surface area contributed by atoms with Gasteiger partial charge < -0.3 is 4.90 Å². The number of nitrogens with zero attached hydrogens (tertiary/aromatic N) is 1. The number of amides is 1. The van der Waals surface area contributed by atoms with Crippen LogP contribution in [-0.2, 0) is 4.79 Å². The van der Waals surface area contributed by atoms with Crippen molar-refractivity contribution in [3.05, 3.63) is 47.2 Å². The molecule has 0 aliphatic heterocycles. The smallest absolute Gasteiger partial charge is 0.223 e. The zero-order valence-electron chi connectivity index (χ0n) is 9.56. The number of Topliss-reactive ketones (excluding diaryl/α,β-unsaturated/α-hetero) is 1. The molecule has 0 N–H and O–H groups in total. The maximum Gasteiger partial charge on any atom is 0.223 e. The van der Waals surface area contributed by atoms with E-state index in [1.807, 2.05) is 0 Å². The van der Waals surface area contributed by atoms with Crippen molar-refractivity contribution in [2.45, 2.75) is 6.92 Å². The molecule has 4 heteroatoms. The van der Waals surface area contributed by atoms with Gasteiger partial charge in [-0.15, -0.1) is 0 Å². The highest BCUT2D eigenvalue weighted by Gasteiger charge is 2.28. The molecule has 4 nitrogen and oxygen atoms in total. The Kier molecular flexibility index (Phi) is 2.63. The highest BCUT2D eigenvalue weighted by Crippen LogP contribution is 2.22. The summed E-state index contributed by atoms with van der Waals surface area (Å²) in [6, 6.07) is 6.60. The molecule has 0 unspecified atom stereocenters. The Bertz CT molecular complexity index is 558. The summed E-state index contributed by atoms with van der Waals surface area (Å²) in [5, 5.41) is 0. The quantitative estimate of drug-likeness (QED) is 0.732. The van der Waals surface area contributed by atoms with E-state index in [2.05, 4.69) is 0 Å². The number of rotatable bonds is 1. The Morgan fingerprint density at radius 2 is 1.71 bits per heavy atom. The Morgan fingerprint density at radius 3 is 2.29 bits per heavy atom. The molecule has 2 rings (SSSR count). The zero-order valence-corrected chi connectivity index (χ0v) is 9.56. The van der Waals surface area contributed by atoms with Crippen LogP contribution in [0.25, 0.3) is 0 Å². The van der Waals surface area contributed by atoms with Crippen molar-refractivity contribution >= 4 is 17.5 Å². The largest absolute Gasteiger partial charge is 0.312 e. The Balaban J connectivity index is 2.52. The highest BCUT2D eigenvalue weighted by atomic mass is 16.2. The van der Waals surface area contributed by atoms with E-state index in [9.17, 15) is 14.4 Å². The molecule has 17 heavy (non-hydrogen) atoms. The normalized spacial score (nSPS) is 14.1. The van der Waals surface area contributed by atoms with E-state index in [1.165, 1.54) is 24.9 Å². The van der Waals surface area contributed by atoms with Crippen molar-refractivity contribution in [1.29, 1.82) is 0 Å². The zero-order chi connectivity index (χ0) is 12.6. The molecule has 0 fully saturated rings. The molecule has 1 aromatic carbocycles. The summed E-state index contributed by atoms with van der Waals surface area (Å²) in [5.74, 6) is -0.821. The van der Waals surface area contributed by atoms with Gasteiger partial charge >= 0.3 is 0 Å². The second-order valence-corrected chi connectivity index (χ2v) is 3.85. The van der Waals surface area contributed by atoms with Gasteiger partial charge in [-0.3, -0.25) is 14.4 Å². The van der Waals surface area contributed by atoms with Crippen LogP contribution < -0.4 is 0 Å². The van der Waals surface area contributed by atoms with Gasteiger partial charge in [-0.1, -0.05) is 24.3 Å². The van der Waals surface area contributed by atoms with E-state index in [4.69, 9.17) is 0 Å². The third kappa shape index (κ3) is 1.78. The summed E-state index contributed by atoms with van der Waals surface area (Å²) in [7, 11) is 1.48. The number of hydrogen-bond acceptors (Lipinski definition) is 3. The van der Waals surface area contributed by atoms with Crippen molar-refractivity contribution in [2.24, 2.45) is 0 Å². The number of carbonyl (C=O) groups excluding carboxylic acids is 3. The third-order valence-electron chi connectivity index (χ3n) is 2.77. The molecule has 0 heterocycles. The molecule has 0 saturated heterocycles. The number of likely N-dealkylation sites (N-methyl/N-ethyl adjacent to an activating group) is 1. The Hall–Kier alpha value is -2.23. The fourth-order valence-electron chi connectivity index (χ4n) is 1.72. The summed E-state index contributed by atoms with van der Waals surface area (Å²) < 4.78 is 0. The molecule has 0 atom stereocenters. The van der Waals surface area contributed by atoms with Gasteiger partial charge in [0.25, 0.3) is 0 Å². The van der Waals surface area contributed by atoms with Gasteiger partial charge in [0.05, 0.1) is 5.70 Å². The molecule has 1 aromatic rings. The topological polar surface area (TPSA) is 54.5 Å². The lowest BCUT2D eigenvalue weighted by atomic mass is 9.92. The van der Waals surface area contributed by atoms with Gasteiger partial charge in [-0.05, 0) is 0 Å². The number of allylic oxidation sites excluding steroid dienone is 2. The van der Waals surface area contributed by atoms with E-state index in [-0.39, 0.29) is 23.2 Å². The summed E-state index contributed by atoms with van der Waals surface area (Å²) >= 11 is 0. The fraction of sp³-hybridized carbons (Fsp3) is 0.154. The van der Waals surface area contributed by atoms with Crippen LogP contribution in [0.5, 0.6) is 0 Å². The van der Waals surface area contributed by atoms with Crippen LogP contribution in [0.3, 0.4) is 0 Å². The molecule has 0 bridgehead atoms. The minimum absolute atomic E-state index is 0.126. The first-order valence-corrected chi connectivity index (χ1v) is 5.16. The average molecular weight is 229 g/mol. The van der Waals surface area contributed by atoms with Crippen LogP contribution in [0.1, 0.15) is 27.6 Å². The molecule has 0 radical (unpaired) electrons. The Morgan fingerprint density at radius 1 is 1.12 bits per heavy atom. The summed E-state index contributed by atoms with van der Waals surface area (Å²) in [6.45, 7) is 1.35. The minimum atomic E-state index is -0.294. The highest BCUT2D eigenvalue weighted by molar-refractivity contribution is 6.24. The minimum Gasteiger partial charge on any atom is -0.312 e. The first-order chi connectivity index (χ1) is 8.02. The van der Waals surface area contributed by atoms with E-state index >= 15 is 0 Å². The summed E-state index contributed by atoms with van der Waals surface area (Å²) in [4.78, 5) is 36.3. The summed E-state index contributed by atoms with van der Waals surface area (Å²) in [5.41, 5.74) is 0.863.